The van der Waals surface area contributed by atoms with E-state index in [-0.39, 0.29) is 68.1 Å². The van der Waals surface area contributed by atoms with Crippen molar-refractivity contribution in [2.75, 3.05) is 55.9 Å². The van der Waals surface area contributed by atoms with Crippen LogP contribution in [0.15, 0.2) is 0 Å². The summed E-state index contributed by atoms with van der Waals surface area (Å²) in [4.78, 5) is 170. The summed E-state index contributed by atoms with van der Waals surface area (Å²) in [6.45, 7) is 31.1. The summed E-state index contributed by atoms with van der Waals surface area (Å²) in [6, 6.07) is -11.8. The van der Waals surface area contributed by atoms with Gasteiger partial charge >= 0.3 is 0 Å². The smallest absolute Gasteiger partial charge is 0.246 e. The number of ketones is 1. The van der Waals surface area contributed by atoms with Gasteiger partial charge in [0, 0.05) is 67.7 Å². The lowest BCUT2D eigenvalue weighted by Crippen LogP contribution is -2.64. The molecule has 10 amide bonds. The molecule has 0 aliphatic carbocycles. The first-order valence-corrected chi connectivity index (χ1v) is 30.8. The number of hydrogen-bond acceptors (Lipinski definition) is 12. The van der Waals surface area contributed by atoms with Crippen LogP contribution in [-0.2, 0) is 52.7 Å². The lowest BCUT2D eigenvalue weighted by molar-refractivity contribution is -0.156. The summed E-state index contributed by atoms with van der Waals surface area (Å²) in [6.07, 6.45) is 1.28. The maximum absolute atomic E-state index is 15.2. The highest BCUT2D eigenvalue weighted by atomic mass is 16.2. The number of hydrogen-bond donors (Lipinski definition) is 4. The molecule has 2 aliphatic rings. The van der Waals surface area contributed by atoms with Gasteiger partial charge in [0.25, 0.3) is 0 Å². The monoisotopic (exact) mass is 1190 g/mol. The van der Waals surface area contributed by atoms with E-state index in [2.05, 4.69) is 21.3 Å². The Bertz CT molecular complexity index is 2310. The van der Waals surface area contributed by atoms with Gasteiger partial charge in [-0.25, -0.2) is 0 Å². The van der Waals surface area contributed by atoms with Crippen LogP contribution in [0, 0.1) is 47.3 Å². The molecule has 0 radical (unpaired) electrons. The van der Waals surface area contributed by atoms with Crippen molar-refractivity contribution in [2.45, 2.75) is 229 Å². The summed E-state index contributed by atoms with van der Waals surface area (Å²) in [5, 5.41) is 12.0. The van der Waals surface area contributed by atoms with Gasteiger partial charge in [-0.05, 0) is 100 Å². The first-order chi connectivity index (χ1) is 38.8. The molecule has 0 bridgehead atoms. The minimum Gasteiger partial charge on any atom is -0.345 e. The molecule has 2 saturated heterocycles. The number of amides is 10. The van der Waals surface area contributed by atoms with Gasteiger partial charge in [-0.15, -0.1) is 0 Å². The molecule has 22 nitrogen and oxygen atoms in total. The fourth-order valence-electron chi connectivity index (χ4n) is 11.6. The van der Waals surface area contributed by atoms with Gasteiger partial charge in [0.1, 0.15) is 54.4 Å². The number of nitrogens with one attached hydrogen (secondary N) is 4. The highest BCUT2D eigenvalue weighted by Gasteiger charge is 2.47. The van der Waals surface area contributed by atoms with Crippen LogP contribution in [0.25, 0.3) is 0 Å². The minimum absolute atomic E-state index is 0.0967. The van der Waals surface area contributed by atoms with Gasteiger partial charge in [0.2, 0.25) is 59.1 Å². The molecule has 480 valence electrons. The van der Waals surface area contributed by atoms with Crippen LogP contribution in [0.1, 0.15) is 163 Å². The third-order valence-electron chi connectivity index (χ3n) is 17.1. The fourth-order valence-corrected chi connectivity index (χ4v) is 11.6. The molecule has 13 atom stereocenters. The van der Waals surface area contributed by atoms with Crippen molar-refractivity contribution < 1.29 is 52.7 Å². The third-order valence-corrected chi connectivity index (χ3v) is 17.1. The molecule has 4 N–H and O–H groups in total. The molecule has 2 heterocycles. The quantitative estimate of drug-likeness (QED) is 0.218. The SMILES string of the molecule is CC[C@H]1NC(=O)[C@H]([C@H]2NCC[C@H]2C)N(C)C(=O)[C@@H](C(C)C)N(C)C(=O)[C@@H](CC(C)C)N(C)C(=O)[C@@H](CC(C)C)N(C)C(=O)[C@H](C)CC(=O)[C@@H](C)NC(=O)[C@@H](CC(C)C)N(C)C(=O)[C@@H](C(C)C)NC(=O)[C@H](CC(C)C)N(C)C(=O)[C@@H](C)N(C)C1=O. The topological polar surface area (TPSA) is 259 Å². The van der Waals surface area contributed by atoms with Crippen molar-refractivity contribution in [1.29, 1.82) is 0 Å². The summed E-state index contributed by atoms with van der Waals surface area (Å²) < 4.78 is 0. The Labute approximate surface area is 503 Å². The van der Waals surface area contributed by atoms with Crippen LogP contribution in [-0.4, -0.2) is 221 Å². The highest BCUT2D eigenvalue weighted by Crippen LogP contribution is 2.27. The Morgan fingerprint density at radius 2 is 0.869 bits per heavy atom. The Hall–Kier alpha value is -5.67. The summed E-state index contributed by atoms with van der Waals surface area (Å²) in [5.74, 6) is -8.69. The first kappa shape index (κ1) is 74.4. The van der Waals surface area contributed by atoms with Crippen molar-refractivity contribution in [1.82, 2.24) is 55.6 Å². The van der Waals surface area contributed by atoms with Crippen LogP contribution in [0.4, 0.5) is 0 Å². The van der Waals surface area contributed by atoms with Crippen LogP contribution in [0.5, 0.6) is 0 Å². The average Bonchev–Trinajstić information content (AvgIpc) is 2.83. The van der Waals surface area contributed by atoms with E-state index in [1.807, 2.05) is 62.3 Å². The molecular formula is C62H111N11O11. The maximum Gasteiger partial charge on any atom is 0.246 e. The highest BCUT2D eigenvalue weighted by molar-refractivity contribution is 6.00. The molecule has 2 aliphatic heterocycles. The number of likely N-dealkylation sites (N-methyl/N-ethyl adjacent to an activating group) is 7. The largest absolute Gasteiger partial charge is 0.345 e. The molecule has 0 aromatic carbocycles. The first-order valence-electron chi connectivity index (χ1n) is 30.8. The van der Waals surface area contributed by atoms with Crippen LogP contribution < -0.4 is 21.3 Å². The number of rotatable bonds is 12. The second kappa shape index (κ2) is 32.7. The Balaban J connectivity index is 2.95. The van der Waals surface area contributed by atoms with Crippen molar-refractivity contribution in [3.8, 4) is 0 Å². The second-order valence-electron chi connectivity index (χ2n) is 26.8. The molecule has 0 aromatic rings. The van der Waals surface area contributed by atoms with Gasteiger partial charge in [-0.3, -0.25) is 52.7 Å². The van der Waals surface area contributed by atoms with E-state index in [9.17, 15) is 43.2 Å². The molecule has 0 aromatic heterocycles. The fraction of sp³-hybridized carbons (Fsp3) is 0.823. The van der Waals surface area contributed by atoms with Crippen molar-refractivity contribution in [3.05, 3.63) is 0 Å². The number of carbonyl (C=O) groups is 11. The van der Waals surface area contributed by atoms with E-state index in [0.29, 0.717) is 13.0 Å². The van der Waals surface area contributed by atoms with Gasteiger partial charge < -0.3 is 55.6 Å². The van der Waals surface area contributed by atoms with Crippen molar-refractivity contribution >= 4 is 64.9 Å². The zero-order chi connectivity index (χ0) is 64.8. The molecule has 2 rings (SSSR count). The molecule has 0 saturated carbocycles. The minimum atomic E-state index is -1.17. The maximum atomic E-state index is 15.2. The molecule has 0 unspecified atom stereocenters. The second-order valence-corrected chi connectivity index (χ2v) is 26.8. The van der Waals surface area contributed by atoms with Gasteiger partial charge in [-0.1, -0.05) is 104 Å². The molecule has 0 spiro atoms. The third kappa shape index (κ3) is 19.2. The summed E-state index contributed by atoms with van der Waals surface area (Å²) in [7, 11) is 10.4. The van der Waals surface area contributed by atoms with Gasteiger partial charge in [0.05, 0.1) is 6.04 Å². The van der Waals surface area contributed by atoms with Gasteiger partial charge in [0.15, 0.2) is 5.78 Å². The van der Waals surface area contributed by atoms with E-state index in [4.69, 9.17) is 0 Å². The Morgan fingerprint density at radius 3 is 1.30 bits per heavy atom. The molecule has 2 fully saturated rings. The predicted molar refractivity (Wildman–Crippen MR) is 325 cm³/mol. The van der Waals surface area contributed by atoms with Crippen LogP contribution in [0.2, 0.25) is 0 Å². The number of Topliss-reactive ketones (excluding diaryl/α,β-unsaturated/α-hetero) is 1. The van der Waals surface area contributed by atoms with E-state index < -0.39 is 149 Å². The lowest BCUT2D eigenvalue weighted by Gasteiger charge is -2.42. The molecule has 84 heavy (non-hydrogen) atoms. The van der Waals surface area contributed by atoms with Crippen LogP contribution >= 0.6 is 0 Å². The number of carbonyl (C=O) groups excluding carboxylic acids is 11. The standard InChI is InChI=1S/C62H111N11O11/c1-25-43-58(80)67(18)42(17)57(79)68(19)45(29-34(4)5)54(76)66-49(37(10)11)61(83)69(20)44(28-33(2)3)53(75)64-41(16)48(74)32-40(15)56(78)70(21)46(30-35(6)7)59(81)71(22)47(31-36(8)9)60(82)72(23)51(38(12)13)62(84)73(24)52(55(77)65-43)50-39(14)26-27-63-50/h33-47,49-52,63H,25-32H2,1-24H3,(H,64,75)(H,65,77)(H,66,76)/t39-,40-,41-,42-,43-,44-,45+,46-,47-,49-,50+,51-,52+/m1/s1. The van der Waals surface area contributed by atoms with E-state index >= 15 is 9.59 Å². The lowest BCUT2D eigenvalue weighted by atomic mass is 9.92. The van der Waals surface area contributed by atoms with E-state index in [0.717, 1.165) is 0 Å². The van der Waals surface area contributed by atoms with E-state index in [1.54, 1.807) is 41.5 Å². The Morgan fingerprint density at radius 1 is 0.440 bits per heavy atom. The normalized spacial score (nSPS) is 29.9. The zero-order valence-electron chi connectivity index (χ0n) is 55.7. The van der Waals surface area contributed by atoms with Crippen molar-refractivity contribution in [3.63, 3.8) is 0 Å². The molecule has 22 heteroatoms. The van der Waals surface area contributed by atoms with Gasteiger partial charge in [-0.2, -0.15) is 0 Å². The predicted octanol–water partition coefficient (Wildman–Crippen LogP) is 3.78. The number of nitrogens with zero attached hydrogens (tertiary/aromatic N) is 7. The summed E-state index contributed by atoms with van der Waals surface area (Å²) >= 11 is 0. The Kier molecular flexibility index (Phi) is 29.0. The zero-order valence-corrected chi connectivity index (χ0v) is 55.7. The van der Waals surface area contributed by atoms with Crippen LogP contribution in [0.3, 0.4) is 0 Å². The average molecular weight is 1190 g/mol. The van der Waals surface area contributed by atoms with Crippen molar-refractivity contribution in [2.24, 2.45) is 47.3 Å². The molecular weight excluding hydrogens is 1070 g/mol. The van der Waals surface area contributed by atoms with E-state index in [1.165, 1.54) is 97.5 Å². The summed E-state index contributed by atoms with van der Waals surface area (Å²) in [5.41, 5.74) is 0.